The summed E-state index contributed by atoms with van der Waals surface area (Å²) in [4.78, 5) is 10.8. The van der Waals surface area contributed by atoms with Crippen LogP contribution in [0.15, 0.2) is 12.3 Å². The molecule has 0 radical (unpaired) electrons. The predicted octanol–water partition coefficient (Wildman–Crippen LogP) is 0.424. The summed E-state index contributed by atoms with van der Waals surface area (Å²) in [5.74, 6) is -1.34. The minimum atomic E-state index is -0.942. The molecule has 2 heterocycles. The third-order valence-electron chi connectivity index (χ3n) is 2.72. The first-order chi connectivity index (χ1) is 6.20. The van der Waals surface area contributed by atoms with Gasteiger partial charge in [0.05, 0.1) is 5.97 Å². The Morgan fingerprint density at radius 1 is 1.69 bits per heavy atom. The van der Waals surface area contributed by atoms with E-state index >= 15 is 0 Å². The van der Waals surface area contributed by atoms with E-state index < -0.39 is 11.9 Å². The number of hydrogen-bond donors (Lipinski definition) is 0. The fourth-order valence-electron chi connectivity index (χ4n) is 2.10. The highest BCUT2D eigenvalue weighted by Crippen LogP contribution is 2.29. The molecule has 0 aliphatic carbocycles. The minimum absolute atomic E-state index is 0.399. The number of carbonyl (C=O) groups is 1. The molecule has 70 valence electrons. The van der Waals surface area contributed by atoms with Crippen LogP contribution in [0.4, 0.5) is 0 Å². The van der Waals surface area contributed by atoms with E-state index in [9.17, 15) is 9.90 Å². The number of aromatic nitrogens is 1. The first-order valence-corrected chi connectivity index (χ1v) is 4.56. The summed E-state index contributed by atoms with van der Waals surface area (Å²) in [6, 6.07) is 1.97. The average Bonchev–Trinajstić information content (AvgIpc) is 2.48. The van der Waals surface area contributed by atoms with Crippen LogP contribution in [-0.2, 0) is 11.3 Å². The molecule has 13 heavy (non-hydrogen) atoms. The van der Waals surface area contributed by atoms with Gasteiger partial charge in [-0.05, 0) is 31.4 Å². The van der Waals surface area contributed by atoms with Gasteiger partial charge in [-0.15, -0.1) is 0 Å². The van der Waals surface area contributed by atoms with E-state index in [4.69, 9.17) is 0 Å². The van der Waals surface area contributed by atoms with Crippen LogP contribution in [0, 0.1) is 6.92 Å². The third kappa shape index (κ3) is 1.24. The Hall–Kier alpha value is -1.25. The smallest absolute Gasteiger partial charge is 0.0504 e. The zero-order valence-electron chi connectivity index (χ0n) is 7.62. The van der Waals surface area contributed by atoms with Crippen LogP contribution in [0.3, 0.4) is 0 Å². The Labute approximate surface area is 77.0 Å². The van der Waals surface area contributed by atoms with Crippen LogP contribution in [0.5, 0.6) is 0 Å². The van der Waals surface area contributed by atoms with Crippen LogP contribution < -0.4 is 5.11 Å². The Morgan fingerprint density at radius 2 is 2.46 bits per heavy atom. The van der Waals surface area contributed by atoms with E-state index in [1.165, 1.54) is 0 Å². The van der Waals surface area contributed by atoms with Gasteiger partial charge in [0.2, 0.25) is 0 Å². The van der Waals surface area contributed by atoms with Crippen molar-refractivity contribution in [3.8, 4) is 0 Å². The van der Waals surface area contributed by atoms with Crippen LogP contribution in [0.2, 0.25) is 0 Å². The lowest BCUT2D eigenvalue weighted by Gasteiger charge is -2.26. The van der Waals surface area contributed by atoms with Crippen molar-refractivity contribution in [3.63, 3.8) is 0 Å². The maximum Gasteiger partial charge on any atom is 0.0504 e. The van der Waals surface area contributed by atoms with Gasteiger partial charge in [-0.2, -0.15) is 0 Å². The SMILES string of the molecule is Cc1ccn2c1C(C(=O)[O-])CCC2. The quantitative estimate of drug-likeness (QED) is 0.625. The predicted molar refractivity (Wildman–Crippen MR) is 46.2 cm³/mol. The maximum atomic E-state index is 10.8. The zero-order valence-corrected chi connectivity index (χ0v) is 7.62. The molecule has 0 spiro atoms. The lowest BCUT2D eigenvalue weighted by molar-refractivity contribution is -0.308. The fourth-order valence-corrected chi connectivity index (χ4v) is 2.10. The molecule has 1 aliphatic rings. The number of rotatable bonds is 1. The van der Waals surface area contributed by atoms with Crippen molar-refractivity contribution in [1.29, 1.82) is 0 Å². The Bertz CT molecular complexity index is 341. The second-order valence-electron chi connectivity index (χ2n) is 3.59. The molecule has 0 amide bonds. The number of aryl methyl sites for hydroxylation is 2. The van der Waals surface area contributed by atoms with Crippen LogP contribution in [0.25, 0.3) is 0 Å². The standard InChI is InChI=1S/C10H13NO2/c1-7-4-6-11-5-2-3-8(9(7)11)10(12)13/h4,6,8H,2-3,5H2,1H3,(H,12,13)/p-1. The molecular weight excluding hydrogens is 166 g/mol. The molecule has 0 N–H and O–H groups in total. The van der Waals surface area contributed by atoms with Gasteiger partial charge in [-0.25, -0.2) is 0 Å². The number of carboxylic acids is 1. The molecule has 3 heteroatoms. The van der Waals surface area contributed by atoms with Crippen molar-refractivity contribution >= 4 is 5.97 Å². The highest BCUT2D eigenvalue weighted by atomic mass is 16.4. The largest absolute Gasteiger partial charge is 0.549 e. The Balaban J connectivity index is 2.46. The van der Waals surface area contributed by atoms with E-state index in [2.05, 4.69) is 0 Å². The van der Waals surface area contributed by atoms with Crippen molar-refractivity contribution < 1.29 is 9.90 Å². The topological polar surface area (TPSA) is 45.1 Å². The van der Waals surface area contributed by atoms with Crippen LogP contribution >= 0.6 is 0 Å². The lowest BCUT2D eigenvalue weighted by atomic mass is 9.94. The Morgan fingerprint density at radius 3 is 3.15 bits per heavy atom. The van der Waals surface area contributed by atoms with Crippen LogP contribution in [0.1, 0.15) is 30.0 Å². The zero-order chi connectivity index (χ0) is 9.42. The van der Waals surface area contributed by atoms with Gasteiger partial charge in [0.15, 0.2) is 0 Å². The fraction of sp³-hybridized carbons (Fsp3) is 0.500. The molecule has 2 rings (SSSR count). The van der Waals surface area contributed by atoms with Gasteiger partial charge in [-0.3, -0.25) is 0 Å². The van der Waals surface area contributed by atoms with Crippen LogP contribution in [-0.4, -0.2) is 10.5 Å². The number of nitrogens with zero attached hydrogens (tertiary/aromatic N) is 1. The van der Waals surface area contributed by atoms with E-state index in [0.717, 1.165) is 24.2 Å². The normalized spacial score (nSPS) is 21.2. The molecule has 1 atom stereocenters. The van der Waals surface area contributed by atoms with Gasteiger partial charge < -0.3 is 14.5 Å². The van der Waals surface area contributed by atoms with E-state index in [1.807, 2.05) is 23.8 Å². The van der Waals surface area contributed by atoms with Crippen molar-refractivity contribution in [2.45, 2.75) is 32.2 Å². The van der Waals surface area contributed by atoms with E-state index in [0.29, 0.717) is 6.42 Å². The van der Waals surface area contributed by atoms with E-state index in [1.54, 1.807) is 0 Å². The van der Waals surface area contributed by atoms with Gasteiger partial charge in [0.1, 0.15) is 0 Å². The molecule has 0 saturated heterocycles. The molecule has 0 bridgehead atoms. The number of hydrogen-bond acceptors (Lipinski definition) is 2. The summed E-state index contributed by atoms with van der Waals surface area (Å²) < 4.78 is 2.03. The summed E-state index contributed by atoms with van der Waals surface area (Å²) in [5.41, 5.74) is 2.00. The van der Waals surface area contributed by atoms with E-state index in [-0.39, 0.29) is 0 Å². The lowest BCUT2D eigenvalue weighted by Crippen LogP contribution is -2.33. The molecule has 0 fully saturated rings. The van der Waals surface area contributed by atoms with Gasteiger partial charge in [0.25, 0.3) is 0 Å². The summed E-state index contributed by atoms with van der Waals surface area (Å²) in [7, 11) is 0. The van der Waals surface area contributed by atoms with Gasteiger partial charge in [-0.1, -0.05) is 0 Å². The van der Waals surface area contributed by atoms with Crippen molar-refractivity contribution in [2.24, 2.45) is 0 Å². The first kappa shape index (κ1) is 8.35. The molecule has 1 aromatic heterocycles. The van der Waals surface area contributed by atoms with Gasteiger partial charge in [0, 0.05) is 24.4 Å². The number of fused-ring (bicyclic) bond motifs is 1. The number of aliphatic carboxylic acids is 1. The Kier molecular flexibility index (Phi) is 1.87. The summed E-state index contributed by atoms with van der Waals surface area (Å²) in [5, 5.41) is 10.8. The molecule has 1 unspecified atom stereocenters. The molecular formula is C10H12NO2-. The van der Waals surface area contributed by atoms with Crippen molar-refractivity contribution in [1.82, 2.24) is 4.57 Å². The van der Waals surface area contributed by atoms with Crippen molar-refractivity contribution in [3.05, 3.63) is 23.5 Å². The molecule has 3 nitrogen and oxygen atoms in total. The molecule has 1 aliphatic heterocycles. The monoisotopic (exact) mass is 178 g/mol. The highest BCUT2D eigenvalue weighted by Gasteiger charge is 2.22. The second-order valence-corrected chi connectivity index (χ2v) is 3.59. The maximum absolute atomic E-state index is 10.8. The number of carboxylic acid groups (broad SMARTS) is 1. The molecule has 1 aromatic rings. The molecule has 0 aromatic carbocycles. The average molecular weight is 178 g/mol. The van der Waals surface area contributed by atoms with Crippen molar-refractivity contribution in [2.75, 3.05) is 0 Å². The summed E-state index contributed by atoms with van der Waals surface area (Å²) >= 11 is 0. The molecule has 0 saturated carbocycles. The minimum Gasteiger partial charge on any atom is -0.549 e. The summed E-state index contributed by atoms with van der Waals surface area (Å²) in [6.07, 6.45) is 3.60. The highest BCUT2D eigenvalue weighted by molar-refractivity contribution is 5.74. The van der Waals surface area contributed by atoms with Gasteiger partial charge >= 0.3 is 0 Å². The third-order valence-corrected chi connectivity index (χ3v) is 2.72. The first-order valence-electron chi connectivity index (χ1n) is 4.56. The number of carbonyl (C=O) groups excluding carboxylic acids is 1. The summed E-state index contributed by atoms with van der Waals surface area (Å²) in [6.45, 7) is 2.89. The second kappa shape index (κ2) is 2.91.